The number of rotatable bonds is 4. The highest BCUT2D eigenvalue weighted by Gasteiger charge is 2.29. The van der Waals surface area contributed by atoms with Gasteiger partial charge in [-0.3, -0.25) is 9.59 Å². The average Bonchev–Trinajstić information content (AvgIpc) is 3.49. The van der Waals surface area contributed by atoms with E-state index in [-0.39, 0.29) is 24.5 Å². The summed E-state index contributed by atoms with van der Waals surface area (Å²) in [6, 6.07) is 14.8. The molecule has 9 heteroatoms. The minimum absolute atomic E-state index is 0.0546. The maximum Gasteiger partial charge on any atom is 0.276 e. The monoisotopic (exact) mass is 419 g/mol. The van der Waals surface area contributed by atoms with Crippen LogP contribution in [-0.4, -0.2) is 51.6 Å². The van der Waals surface area contributed by atoms with Gasteiger partial charge < -0.3 is 19.7 Å². The van der Waals surface area contributed by atoms with Crippen molar-refractivity contribution in [3.63, 3.8) is 0 Å². The summed E-state index contributed by atoms with van der Waals surface area (Å²) < 4.78 is 10.6. The van der Waals surface area contributed by atoms with Crippen molar-refractivity contribution in [3.05, 3.63) is 60.4 Å². The van der Waals surface area contributed by atoms with Crippen LogP contribution in [0.2, 0.25) is 0 Å². The molecule has 1 aromatic heterocycles. The number of carbonyl (C=O) groups excluding carboxylic acids is 2. The number of benzene rings is 2. The quantitative estimate of drug-likeness (QED) is 0.698. The second kappa shape index (κ2) is 8.10. The van der Waals surface area contributed by atoms with Gasteiger partial charge in [0.15, 0.2) is 17.2 Å². The van der Waals surface area contributed by atoms with Crippen molar-refractivity contribution in [2.45, 2.75) is 12.8 Å². The zero-order valence-electron chi connectivity index (χ0n) is 16.7. The highest BCUT2D eigenvalue weighted by Crippen LogP contribution is 2.34. The molecule has 31 heavy (non-hydrogen) atoms. The number of para-hydroxylation sites is 1. The van der Waals surface area contributed by atoms with Gasteiger partial charge in [-0.05, 0) is 37.1 Å². The highest BCUT2D eigenvalue weighted by atomic mass is 16.7. The van der Waals surface area contributed by atoms with Gasteiger partial charge in [-0.2, -0.15) is 9.90 Å². The lowest BCUT2D eigenvalue weighted by molar-refractivity contribution is -0.121. The number of piperidine rings is 1. The molecule has 2 amide bonds. The Bertz CT molecular complexity index is 1110. The van der Waals surface area contributed by atoms with Gasteiger partial charge in [-0.1, -0.05) is 18.2 Å². The Morgan fingerprint density at radius 1 is 1.00 bits per heavy atom. The predicted octanol–water partition coefficient (Wildman–Crippen LogP) is 2.49. The second-order valence-corrected chi connectivity index (χ2v) is 7.48. The van der Waals surface area contributed by atoms with Crippen LogP contribution in [0.5, 0.6) is 11.5 Å². The first-order valence-corrected chi connectivity index (χ1v) is 10.1. The molecular formula is C22H21N5O4. The van der Waals surface area contributed by atoms with Crippen molar-refractivity contribution in [1.82, 2.24) is 19.9 Å². The number of anilines is 1. The largest absolute Gasteiger partial charge is 0.454 e. The van der Waals surface area contributed by atoms with E-state index in [0.717, 1.165) is 5.69 Å². The van der Waals surface area contributed by atoms with Crippen molar-refractivity contribution in [2.75, 3.05) is 25.2 Å². The van der Waals surface area contributed by atoms with Crippen molar-refractivity contribution >= 4 is 17.5 Å². The topological polar surface area (TPSA) is 98.6 Å². The summed E-state index contributed by atoms with van der Waals surface area (Å²) in [7, 11) is 0. The van der Waals surface area contributed by atoms with E-state index in [1.165, 1.54) is 11.0 Å². The molecule has 0 spiro atoms. The number of likely N-dealkylation sites (tertiary alicyclic amines) is 1. The van der Waals surface area contributed by atoms with Crippen LogP contribution < -0.4 is 14.8 Å². The molecular weight excluding hydrogens is 398 g/mol. The van der Waals surface area contributed by atoms with Gasteiger partial charge in [-0.15, -0.1) is 5.10 Å². The van der Waals surface area contributed by atoms with Crippen molar-refractivity contribution < 1.29 is 19.1 Å². The first-order chi connectivity index (χ1) is 15.2. The summed E-state index contributed by atoms with van der Waals surface area (Å²) in [6.45, 7) is 1.19. The van der Waals surface area contributed by atoms with Gasteiger partial charge in [0.1, 0.15) is 0 Å². The van der Waals surface area contributed by atoms with Crippen molar-refractivity contribution in [1.29, 1.82) is 0 Å². The second-order valence-electron chi connectivity index (χ2n) is 7.48. The number of nitrogens with zero attached hydrogens (tertiary/aromatic N) is 4. The Morgan fingerprint density at radius 2 is 1.77 bits per heavy atom. The normalized spacial score (nSPS) is 15.7. The van der Waals surface area contributed by atoms with E-state index in [4.69, 9.17) is 9.47 Å². The Balaban J connectivity index is 1.17. The maximum atomic E-state index is 12.8. The molecule has 3 aromatic rings. The molecule has 0 saturated carbocycles. The fraction of sp³-hybridized carbons (Fsp3) is 0.273. The van der Waals surface area contributed by atoms with E-state index in [0.29, 0.717) is 48.8 Å². The molecule has 1 fully saturated rings. The van der Waals surface area contributed by atoms with Gasteiger partial charge in [0.05, 0.1) is 11.9 Å². The summed E-state index contributed by atoms with van der Waals surface area (Å²) in [5.74, 6) is 0.919. The van der Waals surface area contributed by atoms with Gasteiger partial charge in [0, 0.05) is 30.8 Å². The number of amides is 2. The van der Waals surface area contributed by atoms with Gasteiger partial charge >= 0.3 is 0 Å². The smallest absolute Gasteiger partial charge is 0.276 e. The van der Waals surface area contributed by atoms with E-state index in [2.05, 4.69) is 15.5 Å². The van der Waals surface area contributed by atoms with E-state index >= 15 is 0 Å². The minimum atomic E-state index is -0.170. The number of hydrogen-bond acceptors (Lipinski definition) is 6. The van der Waals surface area contributed by atoms with Gasteiger partial charge in [0.2, 0.25) is 12.7 Å². The maximum absolute atomic E-state index is 12.8. The zero-order valence-corrected chi connectivity index (χ0v) is 16.7. The molecule has 2 aliphatic heterocycles. The molecule has 0 aliphatic carbocycles. The Labute approximate surface area is 178 Å². The van der Waals surface area contributed by atoms with E-state index in [1.54, 1.807) is 23.1 Å². The summed E-state index contributed by atoms with van der Waals surface area (Å²) >= 11 is 0. The molecule has 3 heterocycles. The third kappa shape index (κ3) is 3.94. The van der Waals surface area contributed by atoms with E-state index in [9.17, 15) is 9.59 Å². The molecule has 1 N–H and O–H groups in total. The SMILES string of the molecule is O=C(Nc1ccc2c(c1)OCO2)C1CCN(C(=O)c2cnn(-c3ccccc3)n2)CC1. The molecule has 0 bridgehead atoms. The molecule has 0 unspecified atom stereocenters. The molecule has 9 nitrogen and oxygen atoms in total. The average molecular weight is 419 g/mol. The predicted molar refractivity (Wildman–Crippen MR) is 111 cm³/mol. The fourth-order valence-corrected chi connectivity index (χ4v) is 3.77. The molecule has 0 radical (unpaired) electrons. The van der Waals surface area contributed by atoms with Crippen molar-refractivity contribution in [3.8, 4) is 17.2 Å². The lowest BCUT2D eigenvalue weighted by atomic mass is 9.95. The summed E-state index contributed by atoms with van der Waals surface area (Å²) in [5, 5.41) is 11.4. The van der Waals surface area contributed by atoms with Crippen LogP contribution in [0.3, 0.4) is 0 Å². The van der Waals surface area contributed by atoms with Crippen LogP contribution in [0, 0.1) is 5.92 Å². The molecule has 158 valence electrons. The summed E-state index contributed by atoms with van der Waals surface area (Å²) in [6.07, 6.45) is 2.66. The minimum Gasteiger partial charge on any atom is -0.454 e. The number of fused-ring (bicyclic) bond motifs is 1. The van der Waals surface area contributed by atoms with Gasteiger partial charge in [-0.25, -0.2) is 0 Å². The standard InChI is InChI=1S/C22H21N5O4/c28-21(24-16-6-7-19-20(12-16)31-14-30-19)15-8-10-26(11-9-15)22(29)18-13-23-27(25-18)17-4-2-1-3-5-17/h1-7,12-13,15H,8-11,14H2,(H,24,28). The lowest BCUT2D eigenvalue weighted by Crippen LogP contribution is -2.41. The van der Waals surface area contributed by atoms with E-state index in [1.807, 2.05) is 30.3 Å². The Kier molecular flexibility index (Phi) is 4.99. The number of nitrogens with one attached hydrogen (secondary N) is 1. The fourth-order valence-electron chi connectivity index (χ4n) is 3.77. The summed E-state index contributed by atoms with van der Waals surface area (Å²) in [4.78, 5) is 28.6. The lowest BCUT2D eigenvalue weighted by Gasteiger charge is -2.30. The molecule has 2 aliphatic rings. The number of hydrogen-bond donors (Lipinski definition) is 1. The summed E-state index contributed by atoms with van der Waals surface area (Å²) in [5.41, 5.74) is 1.76. The Hall–Kier alpha value is -3.88. The first kappa shape index (κ1) is 19.1. The van der Waals surface area contributed by atoms with Crippen LogP contribution in [0.4, 0.5) is 5.69 Å². The van der Waals surface area contributed by atoms with Crippen LogP contribution in [-0.2, 0) is 4.79 Å². The third-order valence-electron chi connectivity index (χ3n) is 5.49. The van der Waals surface area contributed by atoms with E-state index < -0.39 is 0 Å². The number of carbonyl (C=O) groups is 2. The number of aromatic nitrogens is 3. The zero-order chi connectivity index (χ0) is 21.2. The Morgan fingerprint density at radius 3 is 2.58 bits per heavy atom. The molecule has 5 rings (SSSR count). The molecule has 2 aromatic carbocycles. The van der Waals surface area contributed by atoms with Gasteiger partial charge in [0.25, 0.3) is 5.91 Å². The van der Waals surface area contributed by atoms with Crippen LogP contribution in [0.15, 0.2) is 54.7 Å². The first-order valence-electron chi connectivity index (χ1n) is 10.1. The van der Waals surface area contributed by atoms with Crippen LogP contribution in [0.1, 0.15) is 23.3 Å². The van der Waals surface area contributed by atoms with Crippen LogP contribution in [0.25, 0.3) is 5.69 Å². The number of ether oxygens (including phenoxy) is 2. The van der Waals surface area contributed by atoms with Crippen LogP contribution >= 0.6 is 0 Å². The molecule has 0 atom stereocenters. The van der Waals surface area contributed by atoms with Crippen molar-refractivity contribution in [2.24, 2.45) is 5.92 Å². The highest BCUT2D eigenvalue weighted by molar-refractivity contribution is 5.94. The third-order valence-corrected chi connectivity index (χ3v) is 5.49. The molecule has 1 saturated heterocycles.